The maximum Gasteiger partial charge on any atom is 0.276 e. The highest BCUT2D eigenvalue weighted by Gasteiger charge is 2.34. The van der Waals surface area contributed by atoms with E-state index >= 15 is 0 Å². The molecule has 2 aromatic rings. The van der Waals surface area contributed by atoms with Gasteiger partial charge < -0.3 is 4.90 Å². The highest BCUT2D eigenvalue weighted by Crippen LogP contribution is 2.34. The predicted octanol–water partition coefficient (Wildman–Crippen LogP) is 3.18. The van der Waals surface area contributed by atoms with E-state index in [4.69, 9.17) is 0 Å². The van der Waals surface area contributed by atoms with E-state index in [-0.39, 0.29) is 41.8 Å². The van der Waals surface area contributed by atoms with Gasteiger partial charge in [0.15, 0.2) is 11.5 Å². The quantitative estimate of drug-likeness (QED) is 0.830. The first-order valence-corrected chi connectivity index (χ1v) is 9.12. The van der Waals surface area contributed by atoms with Gasteiger partial charge in [-0.2, -0.15) is 0 Å². The molecule has 3 rings (SSSR count). The van der Waals surface area contributed by atoms with Crippen LogP contribution in [-0.2, 0) is 17.8 Å². The molecular weight excluding hydrogens is 347 g/mol. The summed E-state index contributed by atoms with van der Waals surface area (Å²) in [6.07, 6.45) is 2.10. The van der Waals surface area contributed by atoms with Crippen molar-refractivity contribution in [2.75, 3.05) is 0 Å². The fourth-order valence-corrected chi connectivity index (χ4v) is 3.47. The monoisotopic (exact) mass is 372 g/mol. The molecule has 2 atom stereocenters. The van der Waals surface area contributed by atoms with Crippen molar-refractivity contribution in [1.29, 1.82) is 0 Å². The standard InChI is InChI=1S/C20H25FN4O2/c1-12-8-14-9-15(21)6-7-16(14)13(2)25(12)19(27)17-10-24(23-22-17)11-18(26)20(3,4)5/h6-7,9-10,12-13H,8,11H2,1-5H3. The molecule has 2 unspecified atom stereocenters. The molecule has 0 spiro atoms. The third-order valence-corrected chi connectivity index (χ3v) is 5.10. The molecule has 0 saturated heterocycles. The van der Waals surface area contributed by atoms with Gasteiger partial charge in [0, 0.05) is 11.5 Å². The van der Waals surface area contributed by atoms with Crippen LogP contribution in [0.1, 0.15) is 62.3 Å². The molecule has 1 aromatic carbocycles. The number of fused-ring (bicyclic) bond motifs is 1. The second kappa shape index (κ2) is 6.87. The number of hydrogen-bond acceptors (Lipinski definition) is 4. The topological polar surface area (TPSA) is 68.1 Å². The lowest BCUT2D eigenvalue weighted by atomic mass is 9.89. The number of carbonyl (C=O) groups is 2. The first-order chi connectivity index (χ1) is 12.6. The summed E-state index contributed by atoms with van der Waals surface area (Å²) in [5, 5.41) is 7.92. The Bertz CT molecular complexity index is 884. The fourth-order valence-electron chi connectivity index (χ4n) is 3.47. The molecule has 6 nitrogen and oxygen atoms in total. The molecule has 0 N–H and O–H groups in total. The molecule has 2 heterocycles. The van der Waals surface area contributed by atoms with Gasteiger partial charge in [-0.25, -0.2) is 9.07 Å². The zero-order chi connectivity index (χ0) is 19.9. The molecule has 27 heavy (non-hydrogen) atoms. The van der Waals surface area contributed by atoms with Gasteiger partial charge in [-0.15, -0.1) is 5.10 Å². The third kappa shape index (κ3) is 3.77. The Balaban J connectivity index is 1.82. The third-order valence-electron chi connectivity index (χ3n) is 5.10. The number of carbonyl (C=O) groups excluding carboxylic acids is 2. The van der Waals surface area contributed by atoms with Gasteiger partial charge in [0.25, 0.3) is 5.91 Å². The molecule has 1 amide bonds. The van der Waals surface area contributed by atoms with Crippen molar-refractivity contribution in [3.8, 4) is 0 Å². The van der Waals surface area contributed by atoms with Crippen LogP contribution in [0.3, 0.4) is 0 Å². The van der Waals surface area contributed by atoms with Crippen LogP contribution in [0.15, 0.2) is 24.4 Å². The smallest absolute Gasteiger partial charge is 0.276 e. The summed E-state index contributed by atoms with van der Waals surface area (Å²) in [5.74, 6) is -0.485. The van der Waals surface area contributed by atoms with E-state index in [0.717, 1.165) is 11.1 Å². The lowest BCUT2D eigenvalue weighted by molar-refractivity contribution is -0.127. The van der Waals surface area contributed by atoms with Crippen LogP contribution in [0.4, 0.5) is 4.39 Å². The molecule has 0 bridgehead atoms. The second-order valence-electron chi connectivity index (χ2n) is 8.26. The van der Waals surface area contributed by atoms with Gasteiger partial charge in [-0.1, -0.05) is 32.1 Å². The Morgan fingerprint density at radius 1 is 1.26 bits per heavy atom. The summed E-state index contributed by atoms with van der Waals surface area (Å²) in [6, 6.07) is 4.41. The normalized spacial score (nSPS) is 19.7. The zero-order valence-corrected chi connectivity index (χ0v) is 16.4. The molecule has 0 saturated carbocycles. The molecule has 0 aliphatic carbocycles. The highest BCUT2D eigenvalue weighted by atomic mass is 19.1. The van der Waals surface area contributed by atoms with Gasteiger partial charge in [-0.05, 0) is 43.5 Å². The Hall–Kier alpha value is -2.57. The summed E-state index contributed by atoms with van der Waals surface area (Å²) in [5.41, 5.74) is 1.60. The number of hydrogen-bond donors (Lipinski definition) is 0. The SMILES string of the molecule is CC1Cc2cc(F)ccc2C(C)N1C(=O)c1cn(CC(=O)C(C)(C)C)nn1. The van der Waals surface area contributed by atoms with Gasteiger partial charge in [0.2, 0.25) is 0 Å². The number of Topliss-reactive ketones (excluding diaryl/α,β-unsaturated/α-hetero) is 1. The highest BCUT2D eigenvalue weighted by molar-refractivity contribution is 5.93. The van der Waals surface area contributed by atoms with Crippen molar-refractivity contribution in [2.24, 2.45) is 5.41 Å². The Kier molecular flexibility index (Phi) is 4.88. The number of halogens is 1. The summed E-state index contributed by atoms with van der Waals surface area (Å²) in [7, 11) is 0. The molecular formula is C20H25FN4O2. The van der Waals surface area contributed by atoms with Crippen molar-refractivity contribution in [3.63, 3.8) is 0 Å². The Morgan fingerprint density at radius 2 is 1.96 bits per heavy atom. The Morgan fingerprint density at radius 3 is 2.63 bits per heavy atom. The van der Waals surface area contributed by atoms with E-state index < -0.39 is 5.41 Å². The summed E-state index contributed by atoms with van der Waals surface area (Å²) in [6.45, 7) is 9.48. The first-order valence-electron chi connectivity index (χ1n) is 9.12. The van der Waals surface area contributed by atoms with Gasteiger partial charge in [0.1, 0.15) is 12.4 Å². The van der Waals surface area contributed by atoms with Crippen LogP contribution in [0.5, 0.6) is 0 Å². The van der Waals surface area contributed by atoms with Crippen LogP contribution in [-0.4, -0.2) is 37.6 Å². The molecule has 1 aliphatic rings. The molecule has 144 valence electrons. The van der Waals surface area contributed by atoms with E-state index in [0.29, 0.717) is 6.42 Å². The van der Waals surface area contributed by atoms with Crippen LogP contribution in [0.25, 0.3) is 0 Å². The van der Waals surface area contributed by atoms with Gasteiger partial charge in [0.05, 0.1) is 12.2 Å². The molecule has 0 radical (unpaired) electrons. The van der Waals surface area contributed by atoms with E-state index in [1.165, 1.54) is 16.9 Å². The van der Waals surface area contributed by atoms with E-state index in [2.05, 4.69) is 10.3 Å². The maximum atomic E-state index is 13.5. The van der Waals surface area contributed by atoms with E-state index in [9.17, 15) is 14.0 Å². The summed E-state index contributed by atoms with van der Waals surface area (Å²) in [4.78, 5) is 27.0. The molecule has 1 aliphatic heterocycles. The minimum absolute atomic E-state index is 0.0158. The lowest BCUT2D eigenvalue weighted by Crippen LogP contribution is -2.45. The van der Waals surface area contributed by atoms with Crippen LogP contribution < -0.4 is 0 Å². The summed E-state index contributed by atoms with van der Waals surface area (Å²) >= 11 is 0. The van der Waals surface area contributed by atoms with Crippen LogP contribution in [0.2, 0.25) is 0 Å². The maximum absolute atomic E-state index is 13.5. The number of amides is 1. The van der Waals surface area contributed by atoms with Gasteiger partial charge >= 0.3 is 0 Å². The zero-order valence-electron chi connectivity index (χ0n) is 16.4. The Labute approximate surface area is 158 Å². The molecule has 0 fully saturated rings. The average molecular weight is 372 g/mol. The summed E-state index contributed by atoms with van der Waals surface area (Å²) < 4.78 is 14.9. The number of nitrogens with zero attached hydrogens (tertiary/aromatic N) is 4. The minimum atomic E-state index is -0.481. The van der Waals surface area contributed by atoms with Crippen LogP contribution >= 0.6 is 0 Å². The largest absolute Gasteiger partial charge is 0.327 e. The van der Waals surface area contributed by atoms with E-state index in [1.807, 2.05) is 34.6 Å². The predicted molar refractivity (Wildman–Crippen MR) is 98.6 cm³/mol. The van der Waals surface area contributed by atoms with Crippen molar-refractivity contribution >= 4 is 11.7 Å². The van der Waals surface area contributed by atoms with Crippen molar-refractivity contribution in [1.82, 2.24) is 19.9 Å². The fraction of sp³-hybridized carbons (Fsp3) is 0.500. The van der Waals surface area contributed by atoms with Gasteiger partial charge in [-0.3, -0.25) is 9.59 Å². The number of rotatable bonds is 3. The van der Waals surface area contributed by atoms with Crippen molar-refractivity contribution < 1.29 is 14.0 Å². The minimum Gasteiger partial charge on any atom is -0.327 e. The lowest BCUT2D eigenvalue weighted by Gasteiger charge is -2.40. The van der Waals surface area contributed by atoms with Crippen LogP contribution in [0, 0.1) is 11.2 Å². The van der Waals surface area contributed by atoms with Crippen molar-refractivity contribution in [2.45, 2.75) is 59.7 Å². The van der Waals surface area contributed by atoms with Crippen molar-refractivity contribution in [3.05, 3.63) is 47.0 Å². The number of benzene rings is 1. The van der Waals surface area contributed by atoms with E-state index in [1.54, 1.807) is 17.0 Å². The number of aromatic nitrogens is 3. The average Bonchev–Trinajstić information content (AvgIpc) is 3.02. The number of ketones is 1. The molecule has 1 aromatic heterocycles. The molecule has 7 heteroatoms. The first kappa shape index (κ1) is 19.2. The second-order valence-corrected chi connectivity index (χ2v) is 8.26.